The van der Waals surface area contributed by atoms with Crippen molar-refractivity contribution in [3.63, 3.8) is 0 Å². The number of nitrogens with one attached hydrogen (secondary N) is 1. The lowest BCUT2D eigenvalue weighted by atomic mass is 10.1. The predicted octanol–water partition coefficient (Wildman–Crippen LogP) is 3.11. The van der Waals surface area contributed by atoms with Gasteiger partial charge < -0.3 is 9.88 Å². The number of benzene rings is 1. The van der Waals surface area contributed by atoms with E-state index in [1.165, 1.54) is 35.2 Å². The van der Waals surface area contributed by atoms with Gasteiger partial charge in [0, 0.05) is 25.3 Å². The Labute approximate surface area is 121 Å². The summed E-state index contributed by atoms with van der Waals surface area (Å²) >= 11 is 0. The summed E-state index contributed by atoms with van der Waals surface area (Å²) in [5.41, 5.74) is 5.35. The first-order chi connectivity index (χ1) is 9.63. The van der Waals surface area contributed by atoms with E-state index in [4.69, 9.17) is 0 Å². The molecule has 1 saturated carbocycles. The molecule has 0 saturated heterocycles. The highest BCUT2D eigenvalue weighted by atomic mass is 15.1. The summed E-state index contributed by atoms with van der Waals surface area (Å²) in [4.78, 5) is 4.47. The van der Waals surface area contributed by atoms with Crippen LogP contribution in [0.5, 0.6) is 0 Å². The lowest BCUT2D eigenvalue weighted by molar-refractivity contribution is 0.626. The van der Waals surface area contributed by atoms with Crippen LogP contribution in [-0.4, -0.2) is 15.6 Å². The quantitative estimate of drug-likeness (QED) is 0.904. The van der Waals surface area contributed by atoms with Crippen LogP contribution >= 0.6 is 0 Å². The van der Waals surface area contributed by atoms with Gasteiger partial charge in [-0.05, 0) is 50.3 Å². The third-order valence-corrected chi connectivity index (χ3v) is 4.20. The van der Waals surface area contributed by atoms with E-state index in [-0.39, 0.29) is 0 Å². The molecule has 106 valence electrons. The smallest absolute Gasteiger partial charge is 0.106 e. The summed E-state index contributed by atoms with van der Waals surface area (Å²) in [6.45, 7) is 8.26. The number of hydrogen-bond donors (Lipinski definition) is 1. The van der Waals surface area contributed by atoms with Crippen LogP contribution in [0.3, 0.4) is 0 Å². The van der Waals surface area contributed by atoms with Crippen LogP contribution in [0.15, 0.2) is 24.4 Å². The Bertz CT molecular complexity index is 609. The first kappa shape index (κ1) is 13.4. The molecular weight excluding hydrogens is 246 g/mol. The molecule has 3 nitrogen and oxygen atoms in total. The van der Waals surface area contributed by atoms with E-state index in [0.717, 1.165) is 25.0 Å². The summed E-state index contributed by atoms with van der Waals surface area (Å²) < 4.78 is 2.32. The summed E-state index contributed by atoms with van der Waals surface area (Å²) in [5, 5.41) is 3.57. The molecular formula is C17H23N3. The molecule has 1 aliphatic rings. The van der Waals surface area contributed by atoms with Crippen LogP contribution in [0.1, 0.15) is 41.1 Å². The van der Waals surface area contributed by atoms with E-state index in [0.29, 0.717) is 0 Å². The van der Waals surface area contributed by atoms with Gasteiger partial charge in [-0.2, -0.15) is 0 Å². The minimum atomic E-state index is 0.736. The molecule has 0 radical (unpaired) electrons. The van der Waals surface area contributed by atoms with Crippen LogP contribution in [0.2, 0.25) is 0 Å². The monoisotopic (exact) mass is 269 g/mol. The molecule has 0 aliphatic heterocycles. The number of rotatable bonds is 5. The fourth-order valence-corrected chi connectivity index (χ4v) is 2.49. The molecule has 1 aromatic heterocycles. The van der Waals surface area contributed by atoms with Crippen LogP contribution in [0.4, 0.5) is 0 Å². The molecule has 1 heterocycles. The molecule has 3 heteroatoms. The molecule has 1 aliphatic carbocycles. The van der Waals surface area contributed by atoms with Crippen LogP contribution in [-0.2, 0) is 13.1 Å². The van der Waals surface area contributed by atoms with E-state index in [1.54, 1.807) is 0 Å². The molecule has 1 aromatic carbocycles. The van der Waals surface area contributed by atoms with Gasteiger partial charge in [0.1, 0.15) is 5.82 Å². The summed E-state index contributed by atoms with van der Waals surface area (Å²) in [7, 11) is 0. The van der Waals surface area contributed by atoms with Crippen molar-refractivity contribution in [1.82, 2.24) is 14.9 Å². The van der Waals surface area contributed by atoms with Crippen molar-refractivity contribution < 1.29 is 0 Å². The zero-order valence-electron chi connectivity index (χ0n) is 12.6. The second kappa shape index (κ2) is 5.41. The van der Waals surface area contributed by atoms with Crippen molar-refractivity contribution in [3.05, 3.63) is 52.6 Å². The summed E-state index contributed by atoms with van der Waals surface area (Å²) in [5.74, 6) is 1.09. The second-order valence-corrected chi connectivity index (χ2v) is 5.96. The van der Waals surface area contributed by atoms with Gasteiger partial charge in [0.15, 0.2) is 0 Å². The van der Waals surface area contributed by atoms with Gasteiger partial charge in [-0.3, -0.25) is 0 Å². The minimum Gasteiger partial charge on any atom is -0.327 e. The van der Waals surface area contributed by atoms with Gasteiger partial charge in [-0.25, -0.2) is 4.98 Å². The first-order valence-corrected chi connectivity index (χ1v) is 7.44. The number of nitrogens with zero attached hydrogens (tertiary/aromatic N) is 2. The molecule has 3 rings (SSSR count). The fourth-order valence-electron chi connectivity index (χ4n) is 2.49. The average molecular weight is 269 g/mol. The van der Waals surface area contributed by atoms with E-state index in [2.05, 4.69) is 53.8 Å². The maximum absolute atomic E-state index is 4.47. The van der Waals surface area contributed by atoms with Crippen LogP contribution in [0, 0.1) is 20.8 Å². The summed E-state index contributed by atoms with van der Waals surface area (Å²) in [6, 6.07) is 7.45. The topological polar surface area (TPSA) is 29.9 Å². The minimum absolute atomic E-state index is 0.736. The predicted molar refractivity (Wildman–Crippen MR) is 81.8 cm³/mol. The average Bonchev–Trinajstić information content (AvgIpc) is 3.19. The van der Waals surface area contributed by atoms with Crippen molar-refractivity contribution in [2.75, 3.05) is 0 Å². The molecule has 0 amide bonds. The van der Waals surface area contributed by atoms with Gasteiger partial charge >= 0.3 is 0 Å². The Morgan fingerprint density at radius 3 is 2.70 bits per heavy atom. The lowest BCUT2D eigenvalue weighted by Gasteiger charge is -2.12. The van der Waals surface area contributed by atoms with Crippen LogP contribution < -0.4 is 5.32 Å². The number of aromatic nitrogens is 2. The number of imidazole rings is 1. The zero-order chi connectivity index (χ0) is 14.1. The van der Waals surface area contributed by atoms with E-state index >= 15 is 0 Å². The van der Waals surface area contributed by atoms with Crippen molar-refractivity contribution in [3.8, 4) is 0 Å². The number of hydrogen-bond acceptors (Lipinski definition) is 2. The molecule has 1 N–H and O–H groups in total. The highest BCUT2D eigenvalue weighted by Crippen LogP contribution is 2.20. The summed E-state index contributed by atoms with van der Waals surface area (Å²) in [6.07, 6.45) is 4.65. The Hall–Kier alpha value is -1.61. The maximum atomic E-state index is 4.47. The van der Waals surface area contributed by atoms with E-state index < -0.39 is 0 Å². The molecule has 0 spiro atoms. The van der Waals surface area contributed by atoms with Crippen LogP contribution in [0.25, 0.3) is 0 Å². The first-order valence-electron chi connectivity index (χ1n) is 7.44. The van der Waals surface area contributed by atoms with Gasteiger partial charge in [0.25, 0.3) is 0 Å². The largest absolute Gasteiger partial charge is 0.327 e. The molecule has 0 atom stereocenters. The van der Waals surface area contributed by atoms with Crippen molar-refractivity contribution in [1.29, 1.82) is 0 Å². The lowest BCUT2D eigenvalue weighted by Crippen LogP contribution is -2.18. The molecule has 20 heavy (non-hydrogen) atoms. The van der Waals surface area contributed by atoms with Crippen molar-refractivity contribution in [2.45, 2.75) is 52.7 Å². The Morgan fingerprint density at radius 1 is 1.20 bits per heavy atom. The van der Waals surface area contributed by atoms with Gasteiger partial charge in [0.05, 0.1) is 5.69 Å². The number of aryl methyl sites for hydroxylation is 3. The van der Waals surface area contributed by atoms with Crippen molar-refractivity contribution in [2.24, 2.45) is 0 Å². The standard InChI is InChI=1S/C17H23N3/c1-12-4-5-15(8-13(12)2)11-20-14(3)18-9-17(20)10-19-16-6-7-16/h4-5,8-9,16,19H,6-7,10-11H2,1-3H3. The van der Waals surface area contributed by atoms with Gasteiger partial charge in [0.2, 0.25) is 0 Å². The molecule has 1 fully saturated rings. The Balaban J connectivity index is 1.77. The Kier molecular flexibility index (Phi) is 3.62. The SMILES string of the molecule is Cc1ccc(Cn2c(CNC3CC3)cnc2C)cc1C. The highest BCUT2D eigenvalue weighted by molar-refractivity contribution is 5.30. The van der Waals surface area contributed by atoms with E-state index in [1.807, 2.05) is 6.20 Å². The molecule has 0 bridgehead atoms. The third kappa shape index (κ3) is 2.93. The second-order valence-electron chi connectivity index (χ2n) is 5.96. The highest BCUT2D eigenvalue weighted by Gasteiger charge is 2.20. The van der Waals surface area contributed by atoms with E-state index in [9.17, 15) is 0 Å². The van der Waals surface area contributed by atoms with Gasteiger partial charge in [-0.15, -0.1) is 0 Å². The normalized spacial score (nSPS) is 14.8. The Morgan fingerprint density at radius 2 is 2.00 bits per heavy atom. The fraction of sp³-hybridized carbons (Fsp3) is 0.471. The van der Waals surface area contributed by atoms with Gasteiger partial charge in [-0.1, -0.05) is 18.2 Å². The molecule has 0 unspecified atom stereocenters. The molecule has 2 aromatic rings. The maximum Gasteiger partial charge on any atom is 0.106 e. The van der Waals surface area contributed by atoms with Crippen molar-refractivity contribution >= 4 is 0 Å². The zero-order valence-corrected chi connectivity index (χ0v) is 12.6. The third-order valence-electron chi connectivity index (χ3n) is 4.20.